The SMILES string of the molecule is C=C(C)C(=O)Oc1ccc(-c2ccc(-c3ccc(OC)cc3)c(OC)c2)cc1. The molecule has 0 aromatic heterocycles. The lowest BCUT2D eigenvalue weighted by molar-refractivity contribution is -0.130. The van der Waals surface area contributed by atoms with E-state index in [-0.39, 0.29) is 0 Å². The minimum Gasteiger partial charge on any atom is -0.497 e. The lowest BCUT2D eigenvalue weighted by Gasteiger charge is -2.12. The van der Waals surface area contributed by atoms with Crippen molar-refractivity contribution in [3.8, 4) is 39.5 Å². The summed E-state index contributed by atoms with van der Waals surface area (Å²) >= 11 is 0. The zero-order valence-electron chi connectivity index (χ0n) is 16.2. The zero-order chi connectivity index (χ0) is 20.1. The Labute approximate surface area is 165 Å². The Morgan fingerprint density at radius 3 is 1.89 bits per heavy atom. The molecular formula is C24H22O4. The third-order valence-electron chi connectivity index (χ3n) is 4.35. The van der Waals surface area contributed by atoms with Crippen LogP contribution in [0.4, 0.5) is 0 Å². The summed E-state index contributed by atoms with van der Waals surface area (Å²) in [6.45, 7) is 5.20. The maximum absolute atomic E-state index is 11.6. The first-order valence-electron chi connectivity index (χ1n) is 8.82. The van der Waals surface area contributed by atoms with Crippen LogP contribution in [0.1, 0.15) is 6.92 Å². The predicted molar refractivity (Wildman–Crippen MR) is 111 cm³/mol. The number of carbonyl (C=O) groups excluding carboxylic acids is 1. The van der Waals surface area contributed by atoms with E-state index in [4.69, 9.17) is 14.2 Å². The number of esters is 1. The van der Waals surface area contributed by atoms with E-state index in [9.17, 15) is 4.79 Å². The van der Waals surface area contributed by atoms with E-state index in [1.807, 2.05) is 54.6 Å². The van der Waals surface area contributed by atoms with Crippen LogP contribution in [0.25, 0.3) is 22.3 Å². The summed E-state index contributed by atoms with van der Waals surface area (Å²) in [5.74, 6) is 1.64. The molecule has 0 heterocycles. The molecule has 0 N–H and O–H groups in total. The minimum atomic E-state index is -0.432. The van der Waals surface area contributed by atoms with E-state index in [0.29, 0.717) is 11.3 Å². The second kappa shape index (κ2) is 8.44. The van der Waals surface area contributed by atoms with Gasteiger partial charge in [0.25, 0.3) is 0 Å². The van der Waals surface area contributed by atoms with Crippen LogP contribution in [-0.4, -0.2) is 20.2 Å². The molecule has 0 bridgehead atoms. The fourth-order valence-corrected chi connectivity index (χ4v) is 2.79. The summed E-state index contributed by atoms with van der Waals surface area (Å²) in [7, 11) is 3.31. The molecule has 0 atom stereocenters. The van der Waals surface area contributed by atoms with E-state index in [1.165, 1.54) is 0 Å². The van der Waals surface area contributed by atoms with Crippen molar-refractivity contribution in [1.82, 2.24) is 0 Å². The summed E-state index contributed by atoms with van der Waals surface area (Å²) in [5.41, 5.74) is 4.41. The van der Waals surface area contributed by atoms with Crippen molar-refractivity contribution in [3.05, 3.63) is 78.9 Å². The summed E-state index contributed by atoms with van der Waals surface area (Å²) in [5, 5.41) is 0. The molecule has 0 unspecified atom stereocenters. The van der Waals surface area contributed by atoms with Crippen molar-refractivity contribution >= 4 is 5.97 Å². The van der Waals surface area contributed by atoms with Crippen LogP contribution in [0.2, 0.25) is 0 Å². The Morgan fingerprint density at radius 1 is 0.750 bits per heavy atom. The highest BCUT2D eigenvalue weighted by atomic mass is 16.5. The Morgan fingerprint density at radius 2 is 1.32 bits per heavy atom. The first-order chi connectivity index (χ1) is 13.5. The lowest BCUT2D eigenvalue weighted by atomic mass is 9.99. The fraction of sp³-hybridized carbons (Fsp3) is 0.125. The van der Waals surface area contributed by atoms with Gasteiger partial charge in [0.15, 0.2) is 0 Å². The molecule has 0 amide bonds. The van der Waals surface area contributed by atoms with Gasteiger partial charge in [0.2, 0.25) is 0 Å². The molecule has 0 saturated heterocycles. The van der Waals surface area contributed by atoms with Crippen molar-refractivity contribution < 1.29 is 19.0 Å². The highest BCUT2D eigenvalue weighted by molar-refractivity contribution is 5.88. The Kier molecular flexibility index (Phi) is 5.80. The van der Waals surface area contributed by atoms with Crippen LogP contribution in [0, 0.1) is 0 Å². The van der Waals surface area contributed by atoms with Crippen molar-refractivity contribution in [2.24, 2.45) is 0 Å². The van der Waals surface area contributed by atoms with E-state index in [1.54, 1.807) is 33.3 Å². The van der Waals surface area contributed by atoms with Crippen molar-refractivity contribution in [2.45, 2.75) is 6.92 Å². The predicted octanol–water partition coefficient (Wildman–Crippen LogP) is 5.52. The summed E-state index contributed by atoms with van der Waals surface area (Å²) in [4.78, 5) is 11.6. The van der Waals surface area contributed by atoms with E-state index in [0.717, 1.165) is 33.8 Å². The normalized spacial score (nSPS) is 10.2. The Balaban J connectivity index is 1.87. The van der Waals surface area contributed by atoms with Gasteiger partial charge in [0.1, 0.15) is 17.2 Å². The van der Waals surface area contributed by atoms with Gasteiger partial charge >= 0.3 is 5.97 Å². The van der Waals surface area contributed by atoms with Crippen LogP contribution >= 0.6 is 0 Å². The minimum absolute atomic E-state index is 0.364. The quantitative estimate of drug-likeness (QED) is 0.324. The van der Waals surface area contributed by atoms with Crippen LogP contribution in [0.5, 0.6) is 17.2 Å². The Hall–Kier alpha value is -3.53. The second-order valence-corrected chi connectivity index (χ2v) is 6.34. The number of ether oxygens (including phenoxy) is 3. The van der Waals surface area contributed by atoms with Gasteiger partial charge in [-0.05, 0) is 53.9 Å². The van der Waals surface area contributed by atoms with Crippen LogP contribution < -0.4 is 14.2 Å². The molecule has 4 nitrogen and oxygen atoms in total. The largest absolute Gasteiger partial charge is 0.497 e. The molecule has 0 spiro atoms. The first-order valence-corrected chi connectivity index (χ1v) is 8.82. The molecule has 142 valence electrons. The third-order valence-corrected chi connectivity index (χ3v) is 4.35. The highest BCUT2D eigenvalue weighted by Gasteiger charge is 2.10. The molecule has 0 saturated carbocycles. The van der Waals surface area contributed by atoms with Gasteiger partial charge in [-0.1, -0.05) is 43.0 Å². The van der Waals surface area contributed by atoms with Crippen molar-refractivity contribution in [2.75, 3.05) is 14.2 Å². The standard InChI is InChI=1S/C24H22O4/c1-16(2)24(25)28-21-12-5-17(6-13-21)19-9-14-22(23(15-19)27-4)18-7-10-20(26-3)11-8-18/h5-15H,1H2,2-4H3. The van der Waals surface area contributed by atoms with E-state index in [2.05, 4.69) is 6.58 Å². The van der Waals surface area contributed by atoms with Gasteiger partial charge in [0, 0.05) is 11.1 Å². The number of methoxy groups -OCH3 is 2. The van der Waals surface area contributed by atoms with E-state index < -0.39 is 5.97 Å². The van der Waals surface area contributed by atoms with Gasteiger partial charge in [-0.2, -0.15) is 0 Å². The molecular weight excluding hydrogens is 352 g/mol. The van der Waals surface area contributed by atoms with Gasteiger partial charge in [-0.3, -0.25) is 0 Å². The number of benzene rings is 3. The number of rotatable bonds is 6. The number of hydrogen-bond acceptors (Lipinski definition) is 4. The second-order valence-electron chi connectivity index (χ2n) is 6.34. The van der Waals surface area contributed by atoms with Crippen LogP contribution in [-0.2, 0) is 4.79 Å². The summed E-state index contributed by atoms with van der Waals surface area (Å²) < 4.78 is 16.1. The average molecular weight is 374 g/mol. The highest BCUT2D eigenvalue weighted by Crippen LogP contribution is 2.35. The average Bonchev–Trinajstić information content (AvgIpc) is 2.74. The molecule has 0 aliphatic carbocycles. The molecule has 28 heavy (non-hydrogen) atoms. The smallest absolute Gasteiger partial charge is 0.338 e. The van der Waals surface area contributed by atoms with Gasteiger partial charge in [-0.15, -0.1) is 0 Å². The fourth-order valence-electron chi connectivity index (χ4n) is 2.79. The van der Waals surface area contributed by atoms with Gasteiger partial charge < -0.3 is 14.2 Å². The molecule has 3 rings (SSSR count). The van der Waals surface area contributed by atoms with E-state index >= 15 is 0 Å². The molecule has 3 aromatic carbocycles. The van der Waals surface area contributed by atoms with Crippen LogP contribution in [0.15, 0.2) is 78.9 Å². The molecule has 0 aliphatic rings. The lowest BCUT2D eigenvalue weighted by Crippen LogP contribution is -2.07. The monoisotopic (exact) mass is 374 g/mol. The molecule has 0 aliphatic heterocycles. The maximum atomic E-state index is 11.6. The maximum Gasteiger partial charge on any atom is 0.338 e. The molecule has 4 heteroatoms. The van der Waals surface area contributed by atoms with Crippen molar-refractivity contribution in [3.63, 3.8) is 0 Å². The summed E-state index contributed by atoms with van der Waals surface area (Å²) in [6, 6.07) is 21.3. The molecule has 0 radical (unpaired) electrons. The van der Waals surface area contributed by atoms with Crippen LogP contribution in [0.3, 0.4) is 0 Å². The summed E-state index contributed by atoms with van der Waals surface area (Å²) in [6.07, 6.45) is 0. The topological polar surface area (TPSA) is 44.8 Å². The zero-order valence-corrected chi connectivity index (χ0v) is 16.2. The Bertz CT molecular complexity index is 986. The first kappa shape index (κ1) is 19.2. The number of hydrogen-bond donors (Lipinski definition) is 0. The molecule has 3 aromatic rings. The van der Waals surface area contributed by atoms with Gasteiger partial charge in [-0.25, -0.2) is 4.79 Å². The third kappa shape index (κ3) is 4.23. The molecule has 0 fully saturated rings. The van der Waals surface area contributed by atoms with Crippen molar-refractivity contribution in [1.29, 1.82) is 0 Å². The number of carbonyl (C=O) groups is 1. The van der Waals surface area contributed by atoms with Gasteiger partial charge in [0.05, 0.1) is 14.2 Å².